The van der Waals surface area contributed by atoms with Gasteiger partial charge in [0.05, 0.1) is 5.75 Å². The van der Waals surface area contributed by atoms with E-state index in [1.54, 1.807) is 0 Å². The fraction of sp³-hybridized carbons (Fsp3) is 0.250. The second-order valence-corrected chi connectivity index (χ2v) is 7.20. The molecule has 25 heavy (non-hydrogen) atoms. The van der Waals surface area contributed by atoms with E-state index in [0.717, 1.165) is 33.2 Å². The maximum Gasteiger partial charge on any atom is 0.191 e. The standard InChI is InChI=1S/C20H21N3OS/c1-13-5-8-16(9-6-13)19-21-22-20(23(19)4)25-12-18(24)17-10-7-14(2)11-15(17)3/h5-11H,12H2,1-4H3. The van der Waals surface area contributed by atoms with E-state index < -0.39 is 0 Å². The molecule has 0 aliphatic heterocycles. The van der Waals surface area contributed by atoms with E-state index in [1.165, 1.54) is 17.3 Å². The molecule has 1 aromatic heterocycles. The number of thioether (sulfide) groups is 1. The third-order valence-corrected chi connectivity index (χ3v) is 5.18. The van der Waals surface area contributed by atoms with Gasteiger partial charge in [0.25, 0.3) is 0 Å². The SMILES string of the molecule is Cc1ccc(-c2nnc(SCC(=O)c3ccc(C)cc3C)n2C)cc1. The molecule has 3 aromatic rings. The Kier molecular flexibility index (Phi) is 5.04. The van der Waals surface area contributed by atoms with Crippen molar-refractivity contribution in [3.05, 3.63) is 64.7 Å². The number of carbonyl (C=O) groups excluding carboxylic acids is 1. The average Bonchev–Trinajstić information content (AvgIpc) is 2.94. The fourth-order valence-electron chi connectivity index (χ4n) is 2.73. The molecule has 0 saturated carbocycles. The van der Waals surface area contributed by atoms with E-state index in [0.29, 0.717) is 5.75 Å². The minimum absolute atomic E-state index is 0.113. The van der Waals surface area contributed by atoms with Crippen molar-refractivity contribution in [2.24, 2.45) is 7.05 Å². The second kappa shape index (κ2) is 7.23. The van der Waals surface area contributed by atoms with Crippen LogP contribution in [0.4, 0.5) is 0 Å². The summed E-state index contributed by atoms with van der Waals surface area (Å²) < 4.78 is 1.94. The first-order valence-corrected chi connectivity index (χ1v) is 9.14. The first-order valence-electron chi connectivity index (χ1n) is 8.15. The van der Waals surface area contributed by atoms with Crippen molar-refractivity contribution in [3.8, 4) is 11.4 Å². The van der Waals surface area contributed by atoms with Gasteiger partial charge >= 0.3 is 0 Å². The van der Waals surface area contributed by atoms with Gasteiger partial charge in [-0.1, -0.05) is 65.4 Å². The summed E-state index contributed by atoms with van der Waals surface area (Å²) in [6, 6.07) is 14.1. The molecule has 0 aliphatic rings. The van der Waals surface area contributed by atoms with E-state index in [2.05, 4.69) is 29.3 Å². The van der Waals surface area contributed by atoms with Crippen LogP contribution in [-0.4, -0.2) is 26.3 Å². The second-order valence-electron chi connectivity index (χ2n) is 6.26. The van der Waals surface area contributed by atoms with Gasteiger partial charge in [-0.15, -0.1) is 10.2 Å². The van der Waals surface area contributed by atoms with Crippen molar-refractivity contribution in [1.29, 1.82) is 0 Å². The van der Waals surface area contributed by atoms with Gasteiger partial charge in [-0.25, -0.2) is 0 Å². The van der Waals surface area contributed by atoms with E-state index in [-0.39, 0.29) is 5.78 Å². The molecule has 0 N–H and O–H groups in total. The Bertz CT molecular complexity index is 913. The van der Waals surface area contributed by atoms with E-state index in [9.17, 15) is 4.79 Å². The highest BCUT2D eigenvalue weighted by atomic mass is 32.2. The maximum absolute atomic E-state index is 12.5. The monoisotopic (exact) mass is 351 g/mol. The van der Waals surface area contributed by atoms with Crippen molar-refractivity contribution in [3.63, 3.8) is 0 Å². The molecular weight excluding hydrogens is 330 g/mol. The van der Waals surface area contributed by atoms with Crippen molar-refractivity contribution in [2.45, 2.75) is 25.9 Å². The molecule has 0 fully saturated rings. The van der Waals surface area contributed by atoms with Crippen molar-refractivity contribution < 1.29 is 4.79 Å². The number of Topliss-reactive ketones (excluding diaryl/α,β-unsaturated/α-hetero) is 1. The van der Waals surface area contributed by atoms with Crippen LogP contribution in [0.1, 0.15) is 27.0 Å². The highest BCUT2D eigenvalue weighted by Gasteiger charge is 2.15. The summed E-state index contributed by atoms with van der Waals surface area (Å²) in [5.41, 5.74) is 5.19. The molecule has 0 radical (unpaired) electrons. The third-order valence-electron chi connectivity index (χ3n) is 4.16. The Morgan fingerprint density at radius 3 is 2.36 bits per heavy atom. The minimum Gasteiger partial charge on any atom is -0.305 e. The van der Waals surface area contributed by atoms with Gasteiger partial charge in [-0.05, 0) is 26.3 Å². The normalized spacial score (nSPS) is 10.9. The Balaban J connectivity index is 1.74. The molecule has 0 spiro atoms. The molecular formula is C20H21N3OS. The Hall–Kier alpha value is -2.40. The van der Waals surface area contributed by atoms with Gasteiger partial charge in [0.1, 0.15) is 0 Å². The Morgan fingerprint density at radius 2 is 1.68 bits per heavy atom. The van der Waals surface area contributed by atoms with Gasteiger partial charge < -0.3 is 4.57 Å². The van der Waals surface area contributed by atoms with Crippen LogP contribution < -0.4 is 0 Å². The zero-order valence-corrected chi connectivity index (χ0v) is 15.7. The molecule has 1 heterocycles. The van der Waals surface area contributed by atoms with E-state index in [4.69, 9.17) is 0 Å². The largest absolute Gasteiger partial charge is 0.305 e. The number of aromatic nitrogens is 3. The maximum atomic E-state index is 12.5. The van der Waals surface area contributed by atoms with Gasteiger partial charge in [0, 0.05) is 18.2 Å². The number of carbonyl (C=O) groups is 1. The first-order chi connectivity index (χ1) is 12.0. The quantitative estimate of drug-likeness (QED) is 0.505. The molecule has 0 saturated heterocycles. The van der Waals surface area contributed by atoms with Gasteiger partial charge in [-0.2, -0.15) is 0 Å². The zero-order valence-electron chi connectivity index (χ0n) is 14.9. The van der Waals surface area contributed by atoms with Crippen LogP contribution >= 0.6 is 11.8 Å². The summed E-state index contributed by atoms with van der Waals surface area (Å²) in [5.74, 6) is 1.27. The zero-order chi connectivity index (χ0) is 18.0. The summed E-state index contributed by atoms with van der Waals surface area (Å²) in [4.78, 5) is 12.5. The topological polar surface area (TPSA) is 47.8 Å². The molecule has 4 nitrogen and oxygen atoms in total. The summed E-state index contributed by atoms with van der Waals surface area (Å²) in [6.45, 7) is 6.06. The molecule has 2 aromatic carbocycles. The number of rotatable bonds is 5. The van der Waals surface area contributed by atoms with E-state index in [1.807, 2.05) is 55.8 Å². The molecule has 0 bridgehead atoms. The minimum atomic E-state index is 0.113. The third kappa shape index (κ3) is 3.82. The van der Waals surface area contributed by atoms with Gasteiger partial charge in [-0.3, -0.25) is 4.79 Å². The molecule has 0 atom stereocenters. The number of hydrogen-bond acceptors (Lipinski definition) is 4. The fourth-order valence-corrected chi connectivity index (χ4v) is 3.52. The summed E-state index contributed by atoms with van der Waals surface area (Å²) in [7, 11) is 1.93. The lowest BCUT2D eigenvalue weighted by Crippen LogP contribution is -2.06. The van der Waals surface area contributed by atoms with Crippen LogP contribution in [0, 0.1) is 20.8 Å². The van der Waals surface area contributed by atoms with Crippen LogP contribution in [0.5, 0.6) is 0 Å². The lowest BCUT2D eigenvalue weighted by Gasteiger charge is -2.06. The lowest BCUT2D eigenvalue weighted by molar-refractivity contribution is 0.102. The number of nitrogens with zero attached hydrogens (tertiary/aromatic N) is 3. The number of hydrogen-bond donors (Lipinski definition) is 0. The number of aryl methyl sites for hydroxylation is 3. The van der Waals surface area contributed by atoms with Crippen molar-refractivity contribution in [2.75, 3.05) is 5.75 Å². The molecule has 5 heteroatoms. The highest BCUT2D eigenvalue weighted by molar-refractivity contribution is 7.99. The molecule has 0 aliphatic carbocycles. The average molecular weight is 351 g/mol. The summed E-state index contributed by atoms with van der Waals surface area (Å²) in [6.07, 6.45) is 0. The predicted octanol–water partition coefficient (Wildman–Crippen LogP) is 4.38. The summed E-state index contributed by atoms with van der Waals surface area (Å²) >= 11 is 1.42. The Labute approximate surface area is 152 Å². The smallest absolute Gasteiger partial charge is 0.191 e. The first kappa shape index (κ1) is 17.4. The molecule has 3 rings (SSSR count). The summed E-state index contributed by atoms with van der Waals surface area (Å²) in [5, 5.41) is 9.26. The number of benzene rings is 2. The van der Waals surface area contributed by atoms with Crippen LogP contribution in [0.15, 0.2) is 47.6 Å². The molecule has 0 unspecified atom stereocenters. The Morgan fingerprint density at radius 1 is 1.00 bits per heavy atom. The van der Waals surface area contributed by atoms with Crippen molar-refractivity contribution in [1.82, 2.24) is 14.8 Å². The van der Waals surface area contributed by atoms with Crippen LogP contribution in [-0.2, 0) is 7.05 Å². The van der Waals surface area contributed by atoms with Crippen molar-refractivity contribution >= 4 is 17.5 Å². The van der Waals surface area contributed by atoms with E-state index >= 15 is 0 Å². The number of ketones is 1. The highest BCUT2D eigenvalue weighted by Crippen LogP contribution is 2.24. The van der Waals surface area contributed by atoms with Crippen LogP contribution in [0.25, 0.3) is 11.4 Å². The van der Waals surface area contributed by atoms with Crippen LogP contribution in [0.2, 0.25) is 0 Å². The van der Waals surface area contributed by atoms with Gasteiger partial charge in [0.2, 0.25) is 0 Å². The predicted molar refractivity (Wildman–Crippen MR) is 102 cm³/mol. The lowest BCUT2D eigenvalue weighted by atomic mass is 10.0. The van der Waals surface area contributed by atoms with Crippen LogP contribution in [0.3, 0.4) is 0 Å². The molecule has 128 valence electrons. The van der Waals surface area contributed by atoms with Gasteiger partial charge in [0.15, 0.2) is 16.8 Å². The molecule has 0 amide bonds.